The number of halogens is 4. The molecule has 2 heterocycles. The van der Waals surface area contributed by atoms with Crippen molar-refractivity contribution in [2.24, 2.45) is 0 Å². The molecule has 1 aliphatic heterocycles. The average Bonchev–Trinajstić information content (AvgIpc) is 2.95. The largest absolute Gasteiger partial charge is 0.457 e. The van der Waals surface area contributed by atoms with E-state index in [0.29, 0.717) is 23.6 Å². The fourth-order valence-electron chi connectivity index (χ4n) is 4.37. The summed E-state index contributed by atoms with van der Waals surface area (Å²) in [5, 5.41) is 4.85. The first kappa shape index (κ1) is 30.1. The van der Waals surface area contributed by atoms with Crippen molar-refractivity contribution in [1.82, 2.24) is 15.2 Å². The molecule has 0 saturated carbocycles. The molecule has 1 aromatic heterocycles. The quantitative estimate of drug-likeness (QED) is 0.202. The van der Waals surface area contributed by atoms with Gasteiger partial charge in [-0.15, -0.1) is 0 Å². The van der Waals surface area contributed by atoms with E-state index in [4.69, 9.17) is 16.3 Å². The topological polar surface area (TPSA) is 83.6 Å². The highest BCUT2D eigenvalue weighted by atomic mass is 35.5. The van der Waals surface area contributed by atoms with Crippen LogP contribution >= 0.6 is 11.6 Å². The summed E-state index contributed by atoms with van der Waals surface area (Å²) in [6.45, 7) is 3.76. The van der Waals surface area contributed by atoms with Crippen molar-refractivity contribution in [2.75, 3.05) is 31.5 Å². The number of aromatic nitrogens is 1. The molecule has 0 bridgehead atoms. The van der Waals surface area contributed by atoms with E-state index < -0.39 is 22.7 Å². The van der Waals surface area contributed by atoms with E-state index in [1.54, 1.807) is 36.4 Å². The second-order valence-electron chi connectivity index (χ2n) is 9.58. The van der Waals surface area contributed by atoms with Crippen LogP contribution in [-0.2, 0) is 11.0 Å². The number of rotatable bonds is 10. The van der Waals surface area contributed by atoms with E-state index in [-0.39, 0.29) is 17.3 Å². The van der Waals surface area contributed by atoms with Crippen LogP contribution in [-0.4, -0.2) is 47.9 Å². The fourth-order valence-corrected chi connectivity index (χ4v) is 4.60. The zero-order chi connectivity index (χ0) is 29.2. The van der Waals surface area contributed by atoms with Gasteiger partial charge in [-0.2, -0.15) is 13.2 Å². The van der Waals surface area contributed by atoms with Crippen molar-refractivity contribution < 1.29 is 27.5 Å². The number of hydrogen-bond acceptors (Lipinski definition) is 5. The Morgan fingerprint density at radius 3 is 2.59 bits per heavy atom. The Morgan fingerprint density at radius 2 is 1.80 bits per heavy atom. The van der Waals surface area contributed by atoms with E-state index >= 15 is 0 Å². The third-order valence-corrected chi connectivity index (χ3v) is 6.74. The van der Waals surface area contributed by atoms with Gasteiger partial charge in [-0.05, 0) is 86.9 Å². The van der Waals surface area contributed by atoms with Gasteiger partial charge in [-0.1, -0.05) is 30.2 Å². The average molecular weight is 587 g/mol. The summed E-state index contributed by atoms with van der Waals surface area (Å²) in [4.78, 5) is 31.4. The molecule has 1 aliphatic rings. The number of hydrogen-bond donors (Lipinski definition) is 2. The van der Waals surface area contributed by atoms with E-state index in [9.17, 15) is 22.8 Å². The highest BCUT2D eigenvalue weighted by molar-refractivity contribution is 6.31. The summed E-state index contributed by atoms with van der Waals surface area (Å²) < 4.78 is 45.1. The summed E-state index contributed by atoms with van der Waals surface area (Å²) in [7, 11) is 0. The number of anilines is 1. The molecule has 11 heteroatoms. The number of carbonyl (C=O) groups is 2. The molecule has 1 fully saturated rings. The molecule has 0 radical (unpaired) electrons. The Bertz CT molecular complexity index is 1390. The van der Waals surface area contributed by atoms with E-state index in [0.717, 1.165) is 38.2 Å². The normalized spacial score (nSPS) is 14.1. The predicted octanol–water partition coefficient (Wildman–Crippen LogP) is 6.80. The van der Waals surface area contributed by atoms with Gasteiger partial charge in [-0.3, -0.25) is 14.6 Å². The molecule has 216 valence electrons. The summed E-state index contributed by atoms with van der Waals surface area (Å²) >= 11 is 5.62. The Morgan fingerprint density at radius 1 is 1.02 bits per heavy atom. The first-order chi connectivity index (χ1) is 19.7. The van der Waals surface area contributed by atoms with Gasteiger partial charge in [0.25, 0.3) is 5.91 Å². The molecule has 0 unspecified atom stereocenters. The lowest BCUT2D eigenvalue weighted by molar-refractivity contribution is -0.137. The maximum atomic E-state index is 13.1. The second kappa shape index (κ2) is 14.1. The van der Waals surface area contributed by atoms with Crippen LogP contribution in [0, 0.1) is 0 Å². The van der Waals surface area contributed by atoms with Crippen LogP contribution in [0.2, 0.25) is 5.02 Å². The zero-order valence-corrected chi connectivity index (χ0v) is 23.0. The third-order valence-electron chi connectivity index (χ3n) is 6.41. The van der Waals surface area contributed by atoms with Gasteiger partial charge in [0, 0.05) is 30.6 Å². The smallest absolute Gasteiger partial charge is 0.417 e. The van der Waals surface area contributed by atoms with Crippen molar-refractivity contribution in [2.45, 2.75) is 31.9 Å². The number of likely N-dealkylation sites (tertiary alicyclic amines) is 1. The summed E-state index contributed by atoms with van der Waals surface area (Å²) in [6, 6.07) is 13.2. The minimum atomic E-state index is -4.64. The molecule has 1 saturated heterocycles. The number of alkyl halides is 3. The Hall–Kier alpha value is -3.89. The molecule has 2 amide bonds. The lowest BCUT2D eigenvalue weighted by atomic mass is 10.1. The number of piperidine rings is 1. The van der Waals surface area contributed by atoms with Crippen LogP contribution in [0.4, 0.5) is 18.9 Å². The summed E-state index contributed by atoms with van der Waals surface area (Å²) in [6.07, 6.45) is 4.17. The van der Waals surface area contributed by atoms with Crippen molar-refractivity contribution in [3.63, 3.8) is 0 Å². The highest BCUT2D eigenvalue weighted by Gasteiger charge is 2.33. The molecule has 2 N–H and O–H groups in total. The van der Waals surface area contributed by atoms with Crippen molar-refractivity contribution >= 4 is 35.2 Å². The molecule has 2 aromatic carbocycles. The highest BCUT2D eigenvalue weighted by Crippen LogP contribution is 2.36. The maximum Gasteiger partial charge on any atom is 0.417 e. The van der Waals surface area contributed by atoms with Crippen LogP contribution in [0.25, 0.3) is 6.08 Å². The fraction of sp³-hybridized carbons (Fsp3) is 0.300. The number of carbonyl (C=O) groups excluding carboxylic acids is 2. The number of amides is 2. The lowest BCUT2D eigenvalue weighted by Gasteiger charge is -2.26. The van der Waals surface area contributed by atoms with Crippen LogP contribution in [0.1, 0.15) is 47.3 Å². The molecular formula is C30H30ClF3N4O3. The van der Waals surface area contributed by atoms with Gasteiger partial charge in [0.15, 0.2) is 0 Å². The Labute approximate surface area is 241 Å². The molecule has 7 nitrogen and oxygen atoms in total. The van der Waals surface area contributed by atoms with Crippen molar-refractivity contribution in [3.8, 4) is 11.5 Å². The van der Waals surface area contributed by atoms with Crippen LogP contribution < -0.4 is 15.4 Å². The van der Waals surface area contributed by atoms with Gasteiger partial charge in [0.2, 0.25) is 5.91 Å². The monoisotopic (exact) mass is 586 g/mol. The lowest BCUT2D eigenvalue weighted by Crippen LogP contribution is -2.33. The summed E-state index contributed by atoms with van der Waals surface area (Å²) in [5.74, 6) is -0.0213. The van der Waals surface area contributed by atoms with E-state index in [1.807, 2.05) is 0 Å². The molecule has 41 heavy (non-hydrogen) atoms. The first-order valence-corrected chi connectivity index (χ1v) is 13.7. The van der Waals surface area contributed by atoms with Crippen molar-refractivity contribution in [1.29, 1.82) is 0 Å². The van der Waals surface area contributed by atoms with Gasteiger partial charge >= 0.3 is 6.18 Å². The molecule has 0 aliphatic carbocycles. The minimum absolute atomic E-state index is 0.0343. The second-order valence-corrected chi connectivity index (χ2v) is 9.99. The Kier molecular flexibility index (Phi) is 10.4. The van der Waals surface area contributed by atoms with Crippen LogP contribution in [0.5, 0.6) is 11.5 Å². The molecular weight excluding hydrogens is 557 g/mol. The first-order valence-electron chi connectivity index (χ1n) is 13.3. The van der Waals surface area contributed by atoms with Crippen LogP contribution in [0.3, 0.4) is 0 Å². The SMILES string of the molecule is O=C(/C=C/c1cccc(Oc2ccnc(C(=O)NCCCN3CCCCC3)c2)c1)Nc1ccc(Cl)c(C(F)(F)F)c1. The number of ether oxygens (including phenoxy) is 1. The Balaban J connectivity index is 1.30. The number of nitrogens with one attached hydrogen (secondary N) is 2. The standard InChI is InChI=1S/C30H30ClF3N4O3/c31-26-10-9-22(19-25(26)30(32,33)34)37-28(39)11-8-21-6-4-7-23(18-21)41-24-12-14-35-27(20-24)29(40)36-13-5-17-38-15-2-1-3-16-38/h4,6-12,14,18-20H,1-3,5,13,15-17H2,(H,36,40)(H,37,39)/b11-8+. The predicted molar refractivity (Wildman–Crippen MR) is 152 cm³/mol. The molecule has 0 spiro atoms. The van der Waals surface area contributed by atoms with Crippen LogP contribution in [0.15, 0.2) is 66.9 Å². The van der Waals surface area contributed by atoms with E-state index in [1.165, 1.54) is 43.7 Å². The molecule has 0 atom stereocenters. The maximum absolute atomic E-state index is 13.1. The minimum Gasteiger partial charge on any atom is -0.457 e. The summed E-state index contributed by atoms with van der Waals surface area (Å²) in [5.41, 5.74) is -0.210. The third kappa shape index (κ3) is 9.33. The molecule has 4 rings (SSSR count). The van der Waals surface area contributed by atoms with E-state index in [2.05, 4.69) is 20.5 Å². The number of nitrogens with zero attached hydrogens (tertiary/aromatic N) is 2. The van der Waals surface area contributed by atoms with Gasteiger partial charge < -0.3 is 20.3 Å². The van der Waals surface area contributed by atoms with Crippen molar-refractivity contribution in [3.05, 3.63) is 88.7 Å². The van der Waals surface area contributed by atoms with Gasteiger partial charge in [0.1, 0.15) is 17.2 Å². The number of pyridine rings is 1. The van der Waals surface area contributed by atoms with Gasteiger partial charge in [-0.25, -0.2) is 0 Å². The number of benzene rings is 2. The zero-order valence-electron chi connectivity index (χ0n) is 22.2. The van der Waals surface area contributed by atoms with Gasteiger partial charge in [0.05, 0.1) is 10.6 Å². The molecule has 3 aromatic rings.